The van der Waals surface area contributed by atoms with Crippen molar-refractivity contribution >= 4 is 22.5 Å². The van der Waals surface area contributed by atoms with Gasteiger partial charge in [0, 0.05) is 0 Å². The van der Waals surface area contributed by atoms with Gasteiger partial charge in [0.05, 0.1) is 0 Å². The van der Waals surface area contributed by atoms with E-state index in [4.69, 9.17) is 55.9 Å². The summed E-state index contributed by atoms with van der Waals surface area (Å²) in [6.45, 7) is 0. The minimum Gasteiger partial charge on any atom is -0.222 e. The quantitative estimate of drug-likeness (QED) is 0.323. The molecule has 0 aromatic heterocycles. The summed E-state index contributed by atoms with van der Waals surface area (Å²) < 4.78 is 102. The van der Waals surface area contributed by atoms with Crippen molar-refractivity contribution in [2.75, 3.05) is 0 Å². The molecule has 12 nitrogen and oxygen atoms in total. The van der Waals surface area contributed by atoms with Crippen molar-refractivity contribution in [3.05, 3.63) is 0 Å². The fourth-order valence-corrected chi connectivity index (χ4v) is 0. The van der Waals surface area contributed by atoms with Gasteiger partial charge in [-0.2, -0.15) is 0 Å². The van der Waals surface area contributed by atoms with Gasteiger partial charge >= 0.3 is 27.5 Å². The Balaban J connectivity index is -0.0000000693. The maximum absolute atomic E-state index is 8.49. The third-order valence-electron chi connectivity index (χ3n) is 0. The van der Waals surface area contributed by atoms with E-state index in [1.54, 1.807) is 22.5 Å². The van der Waals surface area contributed by atoms with E-state index in [2.05, 4.69) is 4.94 Å². The van der Waals surface area contributed by atoms with Crippen molar-refractivity contribution in [1.29, 1.82) is 0 Å². The van der Waals surface area contributed by atoms with Gasteiger partial charge in [0.25, 0.3) is 0 Å². The first-order valence-corrected chi connectivity index (χ1v) is 8.91. The molecule has 0 aromatic rings. The van der Waals surface area contributed by atoms with E-state index < -0.39 is 30.7 Å². The Hall–Kier alpha value is 1.19. The third-order valence-corrected chi connectivity index (χ3v) is 0. The van der Waals surface area contributed by atoms with E-state index in [0.717, 1.165) is 0 Å². The third kappa shape index (κ3) is 2810. The molecule has 17 heavy (non-hydrogen) atoms. The van der Waals surface area contributed by atoms with E-state index in [1.807, 2.05) is 0 Å². The summed E-state index contributed by atoms with van der Waals surface area (Å²) in [4.78, 5) is 2.09. The molecule has 0 bridgehead atoms. The minimum absolute atomic E-state index is 1.55. The standard InChI is InChI=1S/CH3.3ClHO4.Sn/c;3*2-1(3,4)5;/h1H3;3*(H,2,3,4,5);/q;;;;+3/p-3. The summed E-state index contributed by atoms with van der Waals surface area (Å²) in [5.74, 6) is 0. The molecule has 0 rings (SSSR count). The second kappa shape index (κ2) is 12.2. The van der Waals surface area contributed by atoms with Gasteiger partial charge in [0.2, 0.25) is 0 Å². The first-order valence-electron chi connectivity index (χ1n) is 2.35. The Morgan fingerprint density at radius 2 is 0.412 bits per heavy atom. The van der Waals surface area contributed by atoms with E-state index >= 15 is 0 Å². The zero-order valence-corrected chi connectivity index (χ0v) is 12.7. The van der Waals surface area contributed by atoms with Gasteiger partial charge < -0.3 is 0 Å². The van der Waals surface area contributed by atoms with Crippen LogP contribution >= 0.6 is 0 Å². The molecule has 0 saturated heterocycles. The van der Waals surface area contributed by atoms with Crippen LogP contribution in [0.25, 0.3) is 0 Å². The van der Waals surface area contributed by atoms with Crippen molar-refractivity contribution in [2.45, 2.75) is 4.94 Å². The molecular formula is CH3Cl3O12Sn. The summed E-state index contributed by atoms with van der Waals surface area (Å²) in [5, 5.41) is 0. The second-order valence-electron chi connectivity index (χ2n) is 1.13. The predicted octanol–water partition coefficient (Wildman–Crippen LogP) is -14.1. The van der Waals surface area contributed by atoms with Crippen LogP contribution in [0.3, 0.4) is 0 Å². The van der Waals surface area contributed by atoms with Crippen molar-refractivity contribution < 1.29 is 86.6 Å². The fourth-order valence-electron chi connectivity index (χ4n) is 0. The maximum Gasteiger partial charge on any atom is -0.112 e. The summed E-state index contributed by atoms with van der Waals surface area (Å²) in [6.07, 6.45) is 0. The molecular weight excluding hydrogens is 429 g/mol. The van der Waals surface area contributed by atoms with Crippen LogP contribution in [0.4, 0.5) is 0 Å². The van der Waals surface area contributed by atoms with E-state index in [1.165, 1.54) is 0 Å². The van der Waals surface area contributed by atoms with Gasteiger partial charge in [0.1, 0.15) is 0 Å². The van der Waals surface area contributed by atoms with Crippen LogP contribution in [0.1, 0.15) is 0 Å². The average Bonchev–Trinajstić information content (AvgIpc) is 1.77. The van der Waals surface area contributed by atoms with Gasteiger partial charge in [0.15, 0.2) is 0 Å². The Kier molecular flexibility index (Phi) is 19.2. The summed E-state index contributed by atoms with van der Waals surface area (Å²) in [6, 6.07) is 0. The maximum atomic E-state index is 8.49. The largest absolute Gasteiger partial charge is 0.222 e. The Labute approximate surface area is 114 Å². The molecule has 104 valence electrons. The molecule has 0 aliphatic rings. The van der Waals surface area contributed by atoms with Gasteiger partial charge in [-0.25, -0.2) is 55.9 Å². The molecule has 0 radical (unpaired) electrons. The van der Waals surface area contributed by atoms with Gasteiger partial charge in [-0.15, -0.1) is 30.7 Å². The van der Waals surface area contributed by atoms with Crippen molar-refractivity contribution in [1.82, 2.24) is 0 Å². The van der Waals surface area contributed by atoms with E-state index in [-0.39, 0.29) is 0 Å². The van der Waals surface area contributed by atoms with Crippen molar-refractivity contribution in [2.24, 2.45) is 0 Å². The number of rotatable bonds is 0. The molecule has 0 atom stereocenters. The molecule has 16 heteroatoms. The number of halogens is 3. The zero-order chi connectivity index (χ0) is 15.5. The molecule has 0 aliphatic carbocycles. The monoisotopic (exact) mass is 432 g/mol. The number of hydrogen-bond donors (Lipinski definition) is 0. The predicted molar refractivity (Wildman–Crippen MR) is 11.6 cm³/mol. The van der Waals surface area contributed by atoms with Crippen LogP contribution in [0.5, 0.6) is 0 Å². The summed E-state index contributed by atoms with van der Waals surface area (Å²) in [5.41, 5.74) is 0. The normalized spacial score (nSPS) is 11.0. The van der Waals surface area contributed by atoms with Crippen molar-refractivity contribution in [3.63, 3.8) is 0 Å². The molecule has 0 N–H and O–H groups in total. The smallest absolute Gasteiger partial charge is 0.112 e. The SMILES string of the molecule is [CH3][Sn+3].[O-][Cl+3]([O-])([O-])[O-].[O-][Cl+3]([O-])([O-])[O-].[O-][Cl+3]([O-])([O-])[O-]. The van der Waals surface area contributed by atoms with E-state index in [9.17, 15) is 0 Å². The second-order valence-corrected chi connectivity index (χ2v) is 3.40. The summed E-state index contributed by atoms with van der Waals surface area (Å²) >= 11 is 1.55. The average molecular weight is 432 g/mol. The molecule has 0 amide bonds. The molecule has 0 aromatic carbocycles. The van der Waals surface area contributed by atoms with Gasteiger partial charge in [-0.3, -0.25) is 0 Å². The Morgan fingerprint density at radius 1 is 0.412 bits per heavy atom. The van der Waals surface area contributed by atoms with Crippen LogP contribution in [0, 0.1) is 30.7 Å². The van der Waals surface area contributed by atoms with Crippen LogP contribution in [0.15, 0.2) is 0 Å². The molecule has 0 spiro atoms. The molecule has 0 heterocycles. The first-order chi connectivity index (χ1) is 7.00. The van der Waals surface area contributed by atoms with Crippen LogP contribution in [-0.4, -0.2) is 22.5 Å². The fraction of sp³-hybridized carbons (Fsp3) is 1.00. The first kappa shape index (κ1) is 26.7. The molecule has 0 fully saturated rings. The zero-order valence-electron chi connectivity index (χ0n) is 7.53. The topological polar surface area (TPSA) is 277 Å². The Morgan fingerprint density at radius 3 is 0.412 bits per heavy atom. The van der Waals surface area contributed by atoms with Crippen molar-refractivity contribution in [3.8, 4) is 0 Å². The number of hydrogen-bond acceptors (Lipinski definition) is 12. The summed E-state index contributed by atoms with van der Waals surface area (Å²) in [7, 11) is -14.8. The van der Waals surface area contributed by atoms with E-state index in [0.29, 0.717) is 0 Å². The van der Waals surface area contributed by atoms with Gasteiger partial charge in [-0.1, -0.05) is 0 Å². The molecule has 0 unspecified atom stereocenters. The minimum atomic E-state index is -4.94. The molecule has 0 aliphatic heterocycles. The van der Waals surface area contributed by atoms with Gasteiger partial charge in [-0.05, 0) is 0 Å². The molecule has 0 saturated carbocycles. The van der Waals surface area contributed by atoms with Crippen LogP contribution < -0.4 is 55.9 Å². The van der Waals surface area contributed by atoms with Crippen LogP contribution in [-0.2, 0) is 0 Å². The Bertz CT molecular complexity index is 96.8. The van der Waals surface area contributed by atoms with Crippen LogP contribution in [0.2, 0.25) is 4.94 Å².